The number of aliphatic hydroxyl groups is 1. The van der Waals surface area contributed by atoms with Gasteiger partial charge in [-0.1, -0.05) is 11.6 Å². The van der Waals surface area contributed by atoms with Crippen LogP contribution < -0.4 is 16.0 Å². The van der Waals surface area contributed by atoms with Crippen LogP contribution in [-0.2, 0) is 4.79 Å². The quantitative estimate of drug-likeness (QED) is 0.456. The van der Waals surface area contributed by atoms with Gasteiger partial charge in [-0.15, -0.1) is 0 Å². The van der Waals surface area contributed by atoms with Gasteiger partial charge in [-0.05, 0) is 25.7 Å². The van der Waals surface area contributed by atoms with E-state index in [-0.39, 0.29) is 24.3 Å². The van der Waals surface area contributed by atoms with Crippen molar-refractivity contribution in [3.63, 3.8) is 0 Å². The molecule has 1 heterocycles. The van der Waals surface area contributed by atoms with Gasteiger partial charge >= 0.3 is 0 Å². The minimum Gasteiger partial charge on any atom is -0.388 e. The number of hydrogen-bond donors (Lipinski definition) is 4. The summed E-state index contributed by atoms with van der Waals surface area (Å²) in [5, 5.41) is 18.7. The maximum Gasteiger partial charge on any atom is 0.216 e. The fraction of sp³-hybridized carbons (Fsp3) is 0.692. The molecule has 118 valence electrons. The van der Waals surface area contributed by atoms with Crippen LogP contribution in [0.25, 0.3) is 0 Å². The first-order valence-corrected chi connectivity index (χ1v) is 7.39. The molecule has 0 aromatic carbocycles. The first-order valence-electron chi connectivity index (χ1n) is 6.95. The third-order valence-corrected chi connectivity index (χ3v) is 3.87. The van der Waals surface area contributed by atoms with E-state index >= 15 is 0 Å². The summed E-state index contributed by atoms with van der Waals surface area (Å²) in [7, 11) is 0. The van der Waals surface area contributed by atoms with E-state index in [4.69, 9.17) is 11.6 Å². The van der Waals surface area contributed by atoms with Crippen LogP contribution in [0.4, 0.5) is 4.39 Å². The Morgan fingerprint density at radius 2 is 2.48 bits per heavy atom. The highest BCUT2D eigenvalue weighted by Crippen LogP contribution is 2.28. The highest BCUT2D eigenvalue weighted by Gasteiger charge is 2.35. The Kier molecular flexibility index (Phi) is 5.05. The summed E-state index contributed by atoms with van der Waals surface area (Å²) in [6, 6.07) is -0.114. The lowest BCUT2D eigenvalue weighted by Crippen LogP contribution is -2.51. The second-order valence-corrected chi connectivity index (χ2v) is 5.96. The van der Waals surface area contributed by atoms with E-state index in [1.54, 1.807) is 0 Å². The van der Waals surface area contributed by atoms with Crippen molar-refractivity contribution in [2.75, 3.05) is 6.54 Å². The molecule has 1 amide bonds. The predicted molar refractivity (Wildman–Crippen MR) is 78.4 cm³/mol. The smallest absolute Gasteiger partial charge is 0.216 e. The zero-order chi connectivity index (χ0) is 15.5. The average molecular weight is 319 g/mol. The molecular formula is C13H20ClFN4O2. The maximum absolute atomic E-state index is 13.7. The molecule has 0 bridgehead atoms. The maximum atomic E-state index is 13.7. The summed E-state index contributed by atoms with van der Waals surface area (Å²) in [6.45, 7) is 1.61. The fourth-order valence-corrected chi connectivity index (χ4v) is 2.80. The second-order valence-electron chi connectivity index (χ2n) is 5.54. The molecule has 0 saturated heterocycles. The first-order chi connectivity index (χ1) is 9.88. The lowest BCUT2D eigenvalue weighted by atomic mass is 9.81. The number of aliphatic imine (C=N–C) groups is 1. The molecule has 3 atom stereocenters. The molecule has 0 aromatic rings. The third-order valence-electron chi connectivity index (χ3n) is 3.64. The topological polar surface area (TPSA) is 85.8 Å². The zero-order valence-electron chi connectivity index (χ0n) is 11.8. The minimum absolute atomic E-state index is 0.0996. The summed E-state index contributed by atoms with van der Waals surface area (Å²) in [5.41, 5.74) is -1.68. The lowest BCUT2D eigenvalue weighted by molar-refractivity contribution is -0.120. The van der Waals surface area contributed by atoms with Crippen LogP contribution in [0.3, 0.4) is 0 Å². The van der Waals surface area contributed by atoms with Crippen molar-refractivity contribution in [3.8, 4) is 0 Å². The van der Waals surface area contributed by atoms with Crippen LogP contribution in [0.2, 0.25) is 0 Å². The number of carbonyl (C=O) groups excluding carboxylic acids is 1. The largest absolute Gasteiger partial charge is 0.388 e. The second kappa shape index (κ2) is 6.62. The molecule has 0 spiro atoms. The van der Waals surface area contributed by atoms with Gasteiger partial charge in [0.1, 0.15) is 0 Å². The molecule has 8 heteroatoms. The highest BCUT2D eigenvalue weighted by atomic mass is 35.5. The van der Waals surface area contributed by atoms with Crippen molar-refractivity contribution >= 4 is 23.3 Å². The molecule has 4 N–H and O–H groups in total. The van der Waals surface area contributed by atoms with Gasteiger partial charge in [-0.2, -0.15) is 0 Å². The average Bonchev–Trinajstić information content (AvgIpc) is 2.41. The molecule has 0 aromatic heterocycles. The first kappa shape index (κ1) is 16.0. The standard InChI is InChI=1S/C13H20ClFN4O2/c1-8(20)17-7-13(21)4-2-3-9(5-13)18-11-10(15)6-16-12(14)19-11/h6,9,12,16,21H,2-5,7H2,1H3,(H,17,20)(H,18,19)/t9-,12?,13-/m0/s1. The van der Waals surface area contributed by atoms with Crippen LogP contribution >= 0.6 is 11.6 Å². The van der Waals surface area contributed by atoms with Crippen LogP contribution in [0.5, 0.6) is 0 Å². The Balaban J connectivity index is 1.95. The number of amides is 1. The van der Waals surface area contributed by atoms with Gasteiger partial charge in [-0.3, -0.25) is 4.79 Å². The van der Waals surface area contributed by atoms with Gasteiger partial charge in [0.05, 0.1) is 5.60 Å². The van der Waals surface area contributed by atoms with Crippen LogP contribution in [0.15, 0.2) is 17.0 Å². The van der Waals surface area contributed by atoms with Crippen LogP contribution in [-0.4, -0.2) is 40.7 Å². The highest BCUT2D eigenvalue weighted by molar-refractivity contribution is 6.21. The van der Waals surface area contributed by atoms with E-state index in [0.29, 0.717) is 12.8 Å². The Hall–Kier alpha value is -1.34. The van der Waals surface area contributed by atoms with Gasteiger partial charge in [0.2, 0.25) is 5.91 Å². The monoisotopic (exact) mass is 318 g/mol. The van der Waals surface area contributed by atoms with Crippen molar-refractivity contribution in [1.29, 1.82) is 0 Å². The Bertz CT molecular complexity index is 471. The Labute approximate surface area is 127 Å². The van der Waals surface area contributed by atoms with Gasteiger partial charge in [-0.25, -0.2) is 9.38 Å². The lowest BCUT2D eigenvalue weighted by Gasteiger charge is -2.37. The summed E-state index contributed by atoms with van der Waals surface area (Å²) in [6.07, 6.45) is 3.78. The van der Waals surface area contributed by atoms with E-state index < -0.39 is 17.1 Å². The van der Waals surface area contributed by atoms with Crippen molar-refractivity contribution in [3.05, 3.63) is 12.0 Å². The fourth-order valence-electron chi connectivity index (χ4n) is 2.64. The Morgan fingerprint density at radius 1 is 1.71 bits per heavy atom. The molecule has 1 aliphatic carbocycles. The SMILES string of the molecule is CC(=O)NC[C@]1(O)CCC[C@H](NC2=NC(Cl)NC=C2F)C1. The van der Waals surface area contributed by atoms with Gasteiger partial charge in [0, 0.05) is 25.7 Å². The van der Waals surface area contributed by atoms with Crippen molar-refractivity contribution in [1.82, 2.24) is 16.0 Å². The number of nitrogens with zero attached hydrogens (tertiary/aromatic N) is 1. The number of carbonyl (C=O) groups is 1. The van der Waals surface area contributed by atoms with E-state index in [1.807, 2.05) is 0 Å². The molecule has 6 nitrogen and oxygen atoms in total. The Morgan fingerprint density at radius 3 is 3.19 bits per heavy atom. The molecule has 21 heavy (non-hydrogen) atoms. The summed E-state index contributed by atoms with van der Waals surface area (Å²) < 4.78 is 13.7. The summed E-state index contributed by atoms with van der Waals surface area (Å²) >= 11 is 5.79. The summed E-state index contributed by atoms with van der Waals surface area (Å²) in [5.74, 6) is -0.592. The number of amidine groups is 1. The molecule has 1 aliphatic heterocycles. The number of nitrogens with one attached hydrogen (secondary N) is 3. The summed E-state index contributed by atoms with van der Waals surface area (Å²) in [4.78, 5) is 14.9. The van der Waals surface area contributed by atoms with Crippen LogP contribution in [0.1, 0.15) is 32.6 Å². The number of hydrogen-bond acceptors (Lipinski definition) is 5. The number of halogens is 2. The van der Waals surface area contributed by atoms with Crippen molar-refractivity contribution in [2.24, 2.45) is 4.99 Å². The van der Waals surface area contributed by atoms with Crippen LogP contribution in [0, 0.1) is 0 Å². The van der Waals surface area contributed by atoms with Crippen molar-refractivity contribution in [2.45, 2.75) is 49.9 Å². The van der Waals surface area contributed by atoms with E-state index in [0.717, 1.165) is 12.8 Å². The van der Waals surface area contributed by atoms with E-state index in [9.17, 15) is 14.3 Å². The number of alkyl halides is 1. The van der Waals surface area contributed by atoms with Gasteiger partial charge in [0.25, 0.3) is 0 Å². The third kappa shape index (κ3) is 4.57. The molecule has 1 unspecified atom stereocenters. The minimum atomic E-state index is -0.977. The van der Waals surface area contributed by atoms with E-state index in [2.05, 4.69) is 20.9 Å². The van der Waals surface area contributed by atoms with Gasteiger partial charge < -0.3 is 21.1 Å². The van der Waals surface area contributed by atoms with E-state index in [1.165, 1.54) is 13.1 Å². The normalized spacial score (nSPS) is 32.6. The predicted octanol–water partition coefficient (Wildman–Crippen LogP) is 0.721. The zero-order valence-corrected chi connectivity index (χ0v) is 12.6. The van der Waals surface area contributed by atoms with Crippen molar-refractivity contribution < 1.29 is 14.3 Å². The number of rotatable bonds is 3. The molecule has 1 saturated carbocycles. The molecular weight excluding hydrogens is 299 g/mol. The molecule has 0 radical (unpaired) electrons. The molecule has 1 fully saturated rings. The molecule has 2 rings (SSSR count). The van der Waals surface area contributed by atoms with Gasteiger partial charge in [0.15, 0.2) is 17.3 Å². The molecule has 2 aliphatic rings.